The molecule has 21 heavy (non-hydrogen) atoms. The van der Waals surface area contributed by atoms with E-state index >= 15 is 0 Å². The van der Waals surface area contributed by atoms with Crippen LogP contribution in [0.5, 0.6) is 0 Å². The minimum Gasteiger partial charge on any atom is -0.397 e. The Morgan fingerprint density at radius 1 is 1.33 bits per heavy atom. The topological polar surface area (TPSA) is 101 Å². The third-order valence-corrected chi connectivity index (χ3v) is 3.79. The van der Waals surface area contributed by atoms with Crippen LogP contribution in [-0.4, -0.2) is 36.3 Å². The van der Waals surface area contributed by atoms with Gasteiger partial charge in [-0.2, -0.15) is 0 Å². The highest BCUT2D eigenvalue weighted by Gasteiger charge is 2.25. The van der Waals surface area contributed by atoms with E-state index < -0.39 is 0 Å². The van der Waals surface area contributed by atoms with Crippen LogP contribution in [0.3, 0.4) is 0 Å². The second-order valence-electron chi connectivity index (χ2n) is 5.43. The molecule has 6 heteroatoms. The van der Waals surface area contributed by atoms with E-state index in [1.54, 1.807) is 12.1 Å². The number of carbonyl (C=O) groups excluding carboxylic acids is 2. The van der Waals surface area contributed by atoms with E-state index in [1.807, 2.05) is 12.1 Å². The van der Waals surface area contributed by atoms with Crippen LogP contribution in [0, 0.1) is 5.92 Å². The Bertz CT molecular complexity index is 518. The van der Waals surface area contributed by atoms with E-state index in [0.29, 0.717) is 24.3 Å². The van der Waals surface area contributed by atoms with Gasteiger partial charge in [-0.3, -0.25) is 9.59 Å². The molecular formula is C15H22N4O2. The van der Waals surface area contributed by atoms with Gasteiger partial charge in [0.25, 0.3) is 0 Å². The summed E-state index contributed by atoms with van der Waals surface area (Å²) in [6, 6.07) is 7.20. The molecule has 1 aromatic rings. The average molecular weight is 290 g/mol. The Morgan fingerprint density at radius 3 is 2.76 bits per heavy atom. The molecule has 1 saturated heterocycles. The van der Waals surface area contributed by atoms with Gasteiger partial charge in [0.1, 0.15) is 0 Å². The monoisotopic (exact) mass is 290 g/mol. The van der Waals surface area contributed by atoms with Crippen molar-refractivity contribution in [3.63, 3.8) is 0 Å². The van der Waals surface area contributed by atoms with Crippen molar-refractivity contribution in [1.29, 1.82) is 0 Å². The summed E-state index contributed by atoms with van der Waals surface area (Å²) in [5.74, 6) is -0.309. The first-order chi connectivity index (χ1) is 10.1. The van der Waals surface area contributed by atoms with Crippen LogP contribution < -0.4 is 16.8 Å². The zero-order valence-electron chi connectivity index (χ0n) is 12.0. The number of hydrogen-bond acceptors (Lipinski definition) is 4. The van der Waals surface area contributed by atoms with Crippen molar-refractivity contribution in [3.8, 4) is 0 Å². The highest BCUT2D eigenvalue weighted by molar-refractivity contribution is 5.93. The summed E-state index contributed by atoms with van der Waals surface area (Å²) >= 11 is 0. The number of anilines is 2. The zero-order chi connectivity index (χ0) is 15.2. The maximum atomic E-state index is 11.9. The molecule has 2 rings (SSSR count). The van der Waals surface area contributed by atoms with Gasteiger partial charge >= 0.3 is 0 Å². The SMILES string of the molecule is NC(=O)C1CCN(CCCC(=O)Nc2ccccc2N)C1. The summed E-state index contributed by atoms with van der Waals surface area (Å²) in [5, 5.41) is 2.81. The number of nitrogen functional groups attached to an aromatic ring is 1. The number of nitrogens with one attached hydrogen (secondary N) is 1. The fourth-order valence-corrected chi connectivity index (χ4v) is 2.55. The lowest BCUT2D eigenvalue weighted by atomic mass is 10.1. The molecule has 2 amide bonds. The molecule has 0 aromatic heterocycles. The number of rotatable bonds is 6. The van der Waals surface area contributed by atoms with Crippen LogP contribution in [0.25, 0.3) is 0 Å². The Hall–Kier alpha value is -2.08. The van der Waals surface area contributed by atoms with Crippen molar-refractivity contribution in [2.75, 3.05) is 30.7 Å². The number of benzene rings is 1. The molecule has 1 heterocycles. The Morgan fingerprint density at radius 2 is 2.10 bits per heavy atom. The number of hydrogen-bond donors (Lipinski definition) is 3. The Kier molecular flexibility index (Phi) is 5.16. The molecule has 1 unspecified atom stereocenters. The maximum Gasteiger partial charge on any atom is 0.224 e. The highest BCUT2D eigenvalue weighted by Crippen LogP contribution is 2.18. The summed E-state index contributed by atoms with van der Waals surface area (Å²) < 4.78 is 0. The van der Waals surface area contributed by atoms with Gasteiger partial charge in [-0.25, -0.2) is 0 Å². The molecule has 0 bridgehead atoms. The normalized spacial score (nSPS) is 18.6. The van der Waals surface area contributed by atoms with Crippen molar-refractivity contribution in [2.24, 2.45) is 11.7 Å². The lowest BCUT2D eigenvalue weighted by molar-refractivity contribution is -0.121. The van der Waals surface area contributed by atoms with Crippen LogP contribution in [0.4, 0.5) is 11.4 Å². The summed E-state index contributed by atoms with van der Waals surface area (Å²) in [7, 11) is 0. The Balaban J connectivity index is 1.68. The van der Waals surface area contributed by atoms with Crippen LogP contribution in [0.15, 0.2) is 24.3 Å². The van der Waals surface area contributed by atoms with Crippen LogP contribution in [0.2, 0.25) is 0 Å². The molecule has 1 atom stereocenters. The predicted octanol–water partition coefficient (Wildman–Crippen LogP) is 0.795. The van der Waals surface area contributed by atoms with Crippen molar-refractivity contribution in [1.82, 2.24) is 4.90 Å². The molecule has 0 spiro atoms. The van der Waals surface area contributed by atoms with E-state index in [1.165, 1.54) is 0 Å². The van der Waals surface area contributed by atoms with E-state index in [4.69, 9.17) is 11.5 Å². The first kappa shape index (κ1) is 15.3. The van der Waals surface area contributed by atoms with E-state index in [9.17, 15) is 9.59 Å². The standard InChI is InChI=1S/C15H22N4O2/c16-12-4-1-2-5-13(12)18-14(20)6-3-8-19-9-7-11(10-19)15(17)21/h1-2,4-5,11H,3,6-10,16H2,(H2,17,21)(H,18,20). The van der Waals surface area contributed by atoms with Crippen LogP contribution in [0.1, 0.15) is 19.3 Å². The molecule has 114 valence electrons. The van der Waals surface area contributed by atoms with Gasteiger partial charge in [-0.1, -0.05) is 12.1 Å². The number of nitrogens with two attached hydrogens (primary N) is 2. The van der Waals surface area contributed by atoms with Gasteiger partial charge in [0.2, 0.25) is 11.8 Å². The highest BCUT2D eigenvalue weighted by atomic mass is 16.2. The summed E-state index contributed by atoms with van der Waals surface area (Å²) in [4.78, 5) is 25.1. The fourth-order valence-electron chi connectivity index (χ4n) is 2.55. The van der Waals surface area contributed by atoms with Gasteiger partial charge in [0.05, 0.1) is 17.3 Å². The summed E-state index contributed by atoms with van der Waals surface area (Å²) in [5.41, 5.74) is 12.3. The van der Waals surface area contributed by atoms with Crippen LogP contribution in [-0.2, 0) is 9.59 Å². The van der Waals surface area contributed by atoms with Crippen LogP contribution >= 0.6 is 0 Å². The Labute approximate surface area is 124 Å². The lowest BCUT2D eigenvalue weighted by Crippen LogP contribution is -2.28. The number of primary amides is 1. The number of para-hydroxylation sites is 2. The molecule has 0 aliphatic carbocycles. The van der Waals surface area contributed by atoms with E-state index in [0.717, 1.165) is 25.9 Å². The smallest absolute Gasteiger partial charge is 0.224 e. The van der Waals surface area contributed by atoms with Crippen molar-refractivity contribution < 1.29 is 9.59 Å². The van der Waals surface area contributed by atoms with Crippen molar-refractivity contribution in [3.05, 3.63) is 24.3 Å². The number of carbonyl (C=O) groups is 2. The van der Waals surface area contributed by atoms with Crippen molar-refractivity contribution in [2.45, 2.75) is 19.3 Å². The molecular weight excluding hydrogens is 268 g/mol. The zero-order valence-corrected chi connectivity index (χ0v) is 12.0. The molecule has 5 N–H and O–H groups in total. The second-order valence-corrected chi connectivity index (χ2v) is 5.43. The van der Waals surface area contributed by atoms with E-state index in [-0.39, 0.29) is 17.7 Å². The summed E-state index contributed by atoms with van der Waals surface area (Å²) in [6.07, 6.45) is 2.01. The minimum absolute atomic E-state index is 0.0389. The van der Waals surface area contributed by atoms with Gasteiger partial charge in [-0.05, 0) is 38.1 Å². The predicted molar refractivity (Wildman–Crippen MR) is 82.5 cm³/mol. The maximum absolute atomic E-state index is 11.9. The molecule has 6 nitrogen and oxygen atoms in total. The van der Waals surface area contributed by atoms with Crippen molar-refractivity contribution >= 4 is 23.2 Å². The van der Waals surface area contributed by atoms with Gasteiger partial charge in [-0.15, -0.1) is 0 Å². The first-order valence-corrected chi connectivity index (χ1v) is 7.22. The molecule has 1 aromatic carbocycles. The van der Waals surface area contributed by atoms with Gasteiger partial charge in [0, 0.05) is 13.0 Å². The molecule has 0 saturated carbocycles. The largest absolute Gasteiger partial charge is 0.397 e. The number of likely N-dealkylation sites (tertiary alicyclic amines) is 1. The average Bonchev–Trinajstić information content (AvgIpc) is 2.90. The fraction of sp³-hybridized carbons (Fsp3) is 0.467. The number of amides is 2. The molecule has 1 aliphatic heterocycles. The summed E-state index contributed by atoms with van der Waals surface area (Å²) in [6.45, 7) is 2.39. The molecule has 1 fully saturated rings. The third-order valence-electron chi connectivity index (χ3n) is 3.79. The number of nitrogens with zero attached hydrogens (tertiary/aromatic N) is 1. The van der Waals surface area contributed by atoms with Gasteiger partial charge < -0.3 is 21.7 Å². The lowest BCUT2D eigenvalue weighted by Gasteiger charge is -2.15. The molecule has 0 radical (unpaired) electrons. The minimum atomic E-state index is -0.227. The van der Waals surface area contributed by atoms with Gasteiger partial charge in [0.15, 0.2) is 0 Å². The second kappa shape index (κ2) is 7.08. The molecule has 1 aliphatic rings. The quantitative estimate of drug-likeness (QED) is 0.674. The third kappa shape index (κ3) is 4.46. The first-order valence-electron chi connectivity index (χ1n) is 7.22. The van der Waals surface area contributed by atoms with E-state index in [2.05, 4.69) is 10.2 Å².